The highest BCUT2D eigenvalue weighted by atomic mass is 16.1. The van der Waals surface area contributed by atoms with Crippen molar-refractivity contribution in [3.63, 3.8) is 0 Å². The van der Waals surface area contributed by atoms with Gasteiger partial charge in [-0.05, 0) is 37.2 Å². The van der Waals surface area contributed by atoms with Gasteiger partial charge in [0, 0.05) is 27.9 Å². The number of fused-ring (bicyclic) bond motifs is 6. The molecular formula is C26H22N2O2. The van der Waals surface area contributed by atoms with Gasteiger partial charge in [-0.2, -0.15) is 0 Å². The van der Waals surface area contributed by atoms with Crippen LogP contribution >= 0.6 is 0 Å². The van der Waals surface area contributed by atoms with Crippen molar-refractivity contribution in [2.75, 3.05) is 0 Å². The van der Waals surface area contributed by atoms with E-state index in [-0.39, 0.29) is 17.3 Å². The number of Topliss-reactive ketones (excluding diaryl/α,β-unsaturated/α-hetero) is 1. The minimum absolute atomic E-state index is 0.0423. The van der Waals surface area contributed by atoms with Crippen LogP contribution in [0.3, 0.4) is 0 Å². The summed E-state index contributed by atoms with van der Waals surface area (Å²) >= 11 is 0. The van der Waals surface area contributed by atoms with Crippen LogP contribution in [0, 0.1) is 5.92 Å². The van der Waals surface area contributed by atoms with E-state index in [1.54, 1.807) is 4.57 Å². The average molecular weight is 394 g/mol. The molecule has 1 unspecified atom stereocenters. The number of ketones is 1. The van der Waals surface area contributed by atoms with E-state index >= 15 is 0 Å². The Balaban J connectivity index is 1.81. The van der Waals surface area contributed by atoms with E-state index in [9.17, 15) is 9.59 Å². The van der Waals surface area contributed by atoms with Gasteiger partial charge in [0.1, 0.15) is 5.69 Å². The highest BCUT2D eigenvalue weighted by Crippen LogP contribution is 2.42. The molecule has 1 aromatic carbocycles. The molecule has 4 heteroatoms. The lowest BCUT2D eigenvalue weighted by molar-refractivity contribution is 0.103. The molecule has 0 saturated heterocycles. The normalized spacial score (nSPS) is 19.8. The Morgan fingerprint density at radius 1 is 1.03 bits per heavy atom. The summed E-state index contributed by atoms with van der Waals surface area (Å²) in [5.74, 6) is 0.0998. The Kier molecular flexibility index (Phi) is 3.66. The van der Waals surface area contributed by atoms with Crippen LogP contribution in [-0.4, -0.2) is 15.3 Å². The van der Waals surface area contributed by atoms with E-state index in [4.69, 9.17) is 0 Å². The number of hydrogen-bond donors (Lipinski definition) is 1. The van der Waals surface area contributed by atoms with Gasteiger partial charge in [-0.3, -0.25) is 14.2 Å². The first-order valence-corrected chi connectivity index (χ1v) is 10.7. The third-order valence-corrected chi connectivity index (χ3v) is 6.65. The maximum Gasteiger partial charge on any atom is 0.264 e. The lowest BCUT2D eigenvalue weighted by Gasteiger charge is -2.17. The molecule has 1 N–H and O–H groups in total. The van der Waals surface area contributed by atoms with E-state index < -0.39 is 0 Å². The summed E-state index contributed by atoms with van der Waals surface area (Å²) in [4.78, 5) is 31.1. The first kappa shape index (κ1) is 17.5. The summed E-state index contributed by atoms with van der Waals surface area (Å²) in [6, 6.07) is 9.84. The van der Waals surface area contributed by atoms with E-state index in [0.29, 0.717) is 16.8 Å². The molecule has 0 saturated carbocycles. The topological polar surface area (TPSA) is 54.9 Å². The quantitative estimate of drug-likeness (QED) is 0.605. The van der Waals surface area contributed by atoms with Crippen LogP contribution in [0.4, 0.5) is 0 Å². The summed E-state index contributed by atoms with van der Waals surface area (Å²) < 4.78 is 1.72. The zero-order valence-corrected chi connectivity index (χ0v) is 16.9. The first-order valence-electron chi connectivity index (χ1n) is 10.7. The standard InChI is InChI=1S/C26H22N2O2/c1-15-9-5-6-13-18-23(15)28-24(25(18)29)22-21(17-12-7-8-14-19(17)27-22)20(26(28)30)16-10-3-2-4-11-16/h2-4,6-7,10-13,15,27H,5,8-9,14H2,1H3. The van der Waals surface area contributed by atoms with Crippen molar-refractivity contribution in [1.82, 2.24) is 9.55 Å². The molecule has 6 rings (SSSR count). The Labute approximate surface area is 174 Å². The molecule has 1 atom stereocenters. The number of H-pyrrole nitrogens is 1. The molecular weight excluding hydrogens is 372 g/mol. The summed E-state index contributed by atoms with van der Waals surface area (Å²) in [6.45, 7) is 2.12. The Hall–Kier alpha value is -3.40. The zero-order chi connectivity index (χ0) is 20.4. The van der Waals surface area contributed by atoms with Gasteiger partial charge in [-0.15, -0.1) is 0 Å². The molecule has 3 heterocycles. The molecule has 0 amide bonds. The van der Waals surface area contributed by atoms with Crippen LogP contribution in [0.2, 0.25) is 0 Å². The highest BCUT2D eigenvalue weighted by molar-refractivity contribution is 6.24. The SMILES string of the molecule is CC1CCC=CC2=C1n1c(c3[nH]c4c(c3c(-c3ccccc3)c1=O)C=CCC4)C2=O. The number of aromatic nitrogens is 2. The maximum atomic E-state index is 14.0. The number of pyridine rings is 1. The molecule has 2 aliphatic carbocycles. The van der Waals surface area contributed by atoms with Gasteiger partial charge in [0.15, 0.2) is 0 Å². The molecule has 1 aliphatic heterocycles. The van der Waals surface area contributed by atoms with E-state index in [2.05, 4.69) is 30.1 Å². The zero-order valence-electron chi connectivity index (χ0n) is 16.9. The maximum absolute atomic E-state index is 14.0. The second-order valence-electron chi connectivity index (χ2n) is 8.45. The van der Waals surface area contributed by atoms with Crippen LogP contribution in [0.25, 0.3) is 33.8 Å². The lowest BCUT2D eigenvalue weighted by Crippen LogP contribution is -2.25. The number of nitrogens with one attached hydrogen (secondary N) is 1. The molecule has 2 aromatic heterocycles. The summed E-state index contributed by atoms with van der Waals surface area (Å²) in [5, 5.41) is 0.881. The molecule has 4 nitrogen and oxygen atoms in total. The van der Waals surface area contributed by atoms with Gasteiger partial charge in [0.25, 0.3) is 5.56 Å². The fourth-order valence-corrected chi connectivity index (χ4v) is 5.26. The molecule has 3 aliphatic rings. The minimum Gasteiger partial charge on any atom is -0.356 e. The predicted molar refractivity (Wildman–Crippen MR) is 120 cm³/mol. The monoisotopic (exact) mass is 394 g/mol. The number of rotatable bonds is 1. The molecule has 0 fully saturated rings. The number of hydrogen-bond acceptors (Lipinski definition) is 2. The van der Waals surface area contributed by atoms with Crippen molar-refractivity contribution in [2.24, 2.45) is 5.92 Å². The fraction of sp³-hybridized carbons (Fsp3) is 0.231. The van der Waals surface area contributed by atoms with Crippen LogP contribution in [0.1, 0.15) is 47.9 Å². The number of carbonyl (C=O) groups excluding carboxylic acids is 1. The average Bonchev–Trinajstić information content (AvgIpc) is 3.20. The van der Waals surface area contributed by atoms with Gasteiger partial charge < -0.3 is 4.98 Å². The highest BCUT2D eigenvalue weighted by Gasteiger charge is 2.37. The van der Waals surface area contributed by atoms with Crippen molar-refractivity contribution >= 4 is 28.5 Å². The third-order valence-electron chi connectivity index (χ3n) is 6.65. The van der Waals surface area contributed by atoms with E-state index in [1.807, 2.05) is 36.4 Å². The van der Waals surface area contributed by atoms with Crippen molar-refractivity contribution in [1.29, 1.82) is 0 Å². The summed E-state index contributed by atoms with van der Waals surface area (Å²) in [6.07, 6.45) is 11.9. The fourth-order valence-electron chi connectivity index (χ4n) is 5.26. The predicted octanol–water partition coefficient (Wildman–Crippen LogP) is 5.35. The molecule has 3 aromatic rings. The van der Waals surface area contributed by atoms with Crippen molar-refractivity contribution in [3.05, 3.63) is 81.4 Å². The minimum atomic E-state index is -0.0926. The molecule has 0 radical (unpaired) electrons. The second-order valence-corrected chi connectivity index (χ2v) is 8.45. The van der Waals surface area contributed by atoms with E-state index in [0.717, 1.165) is 59.1 Å². The third kappa shape index (κ3) is 2.22. The number of aromatic amines is 1. The molecule has 0 spiro atoms. The number of carbonyl (C=O) groups is 1. The molecule has 148 valence electrons. The van der Waals surface area contributed by atoms with Crippen LogP contribution < -0.4 is 5.56 Å². The number of allylic oxidation sites excluding steroid dienone is 5. The molecule has 0 bridgehead atoms. The van der Waals surface area contributed by atoms with Gasteiger partial charge in [0.2, 0.25) is 5.78 Å². The summed E-state index contributed by atoms with van der Waals surface area (Å²) in [5.41, 5.74) is 6.46. The summed E-state index contributed by atoms with van der Waals surface area (Å²) in [7, 11) is 0. The van der Waals surface area contributed by atoms with E-state index in [1.165, 1.54) is 0 Å². The van der Waals surface area contributed by atoms with Crippen molar-refractivity contribution in [2.45, 2.75) is 32.6 Å². The van der Waals surface area contributed by atoms with Gasteiger partial charge in [0.05, 0.1) is 11.1 Å². The number of nitrogens with zero attached hydrogens (tertiary/aromatic N) is 1. The second kappa shape index (κ2) is 6.30. The Bertz CT molecular complexity index is 1380. The molecule has 30 heavy (non-hydrogen) atoms. The number of aryl methyl sites for hydroxylation is 1. The van der Waals surface area contributed by atoms with Crippen LogP contribution in [0.15, 0.2) is 58.9 Å². The van der Waals surface area contributed by atoms with Gasteiger partial charge in [-0.25, -0.2) is 0 Å². The Morgan fingerprint density at radius 2 is 1.83 bits per heavy atom. The van der Waals surface area contributed by atoms with Gasteiger partial charge >= 0.3 is 0 Å². The van der Waals surface area contributed by atoms with Crippen molar-refractivity contribution in [3.8, 4) is 11.1 Å². The van der Waals surface area contributed by atoms with Crippen LogP contribution in [0.5, 0.6) is 0 Å². The smallest absolute Gasteiger partial charge is 0.264 e. The lowest BCUT2D eigenvalue weighted by atomic mass is 9.95. The largest absolute Gasteiger partial charge is 0.356 e. The first-order chi connectivity index (χ1) is 14.7. The van der Waals surface area contributed by atoms with Crippen molar-refractivity contribution < 1.29 is 4.79 Å². The Morgan fingerprint density at radius 3 is 2.67 bits per heavy atom. The van der Waals surface area contributed by atoms with Crippen LogP contribution in [-0.2, 0) is 6.42 Å². The number of benzene rings is 1. The van der Waals surface area contributed by atoms with Gasteiger partial charge in [-0.1, -0.05) is 61.6 Å².